The summed E-state index contributed by atoms with van der Waals surface area (Å²) >= 11 is 0. The summed E-state index contributed by atoms with van der Waals surface area (Å²) in [4.78, 5) is 45.1. The lowest BCUT2D eigenvalue weighted by Gasteiger charge is -2.17. The highest BCUT2D eigenvalue weighted by molar-refractivity contribution is 5.81. The average Bonchev–Trinajstić information content (AvgIpc) is 2.33. The van der Waals surface area contributed by atoms with E-state index in [4.69, 9.17) is 15.6 Å². The van der Waals surface area contributed by atoms with Crippen molar-refractivity contribution >= 4 is 23.8 Å². The van der Waals surface area contributed by atoms with E-state index in [2.05, 4.69) is 5.32 Å². The summed E-state index contributed by atoms with van der Waals surface area (Å²) in [5.74, 6) is -2.66. The molecule has 120 valence electrons. The van der Waals surface area contributed by atoms with Gasteiger partial charge < -0.3 is 20.9 Å². The van der Waals surface area contributed by atoms with Gasteiger partial charge in [0.15, 0.2) is 0 Å². The highest BCUT2D eigenvalue weighted by Gasteiger charge is 2.15. The number of nitrogens with two attached hydrogens (primary N) is 1. The third-order valence-corrected chi connectivity index (χ3v) is 2.29. The lowest BCUT2D eigenvalue weighted by molar-refractivity contribution is -0.143. The van der Waals surface area contributed by atoms with Crippen LogP contribution in [0.2, 0.25) is 0 Å². The topological polar surface area (TPSA) is 139 Å². The van der Waals surface area contributed by atoms with Gasteiger partial charge in [-0.2, -0.15) is 0 Å². The number of esters is 1. The van der Waals surface area contributed by atoms with E-state index >= 15 is 0 Å². The van der Waals surface area contributed by atoms with Crippen LogP contribution in [0, 0.1) is 0 Å². The number of carbonyl (C=O) groups excluding carboxylic acids is 3. The first-order chi connectivity index (χ1) is 9.85. The predicted molar refractivity (Wildman–Crippen MR) is 72.1 cm³/mol. The summed E-state index contributed by atoms with van der Waals surface area (Å²) in [6, 6.07) is 0. The van der Waals surface area contributed by atoms with E-state index in [1.54, 1.807) is 6.92 Å². The Kier molecular flexibility index (Phi) is 9.52. The quantitative estimate of drug-likeness (QED) is 0.306. The molecule has 0 fully saturated rings. The number of ether oxygens (including phenoxy) is 1. The minimum Gasteiger partial charge on any atom is -0.480 e. The number of primary amides is 1. The van der Waals surface area contributed by atoms with Crippen LogP contribution in [0.25, 0.3) is 0 Å². The van der Waals surface area contributed by atoms with Crippen LogP contribution in [0.4, 0.5) is 0 Å². The Morgan fingerprint density at radius 1 is 1.19 bits per heavy atom. The van der Waals surface area contributed by atoms with Gasteiger partial charge in [-0.25, -0.2) is 0 Å². The Bertz CT molecular complexity index is 369. The predicted octanol–water partition coefficient (Wildman–Crippen LogP) is -1.68. The number of carboxylic acid groups (broad SMARTS) is 1. The van der Waals surface area contributed by atoms with Gasteiger partial charge in [-0.05, 0) is 13.3 Å². The van der Waals surface area contributed by atoms with E-state index in [-0.39, 0.29) is 32.0 Å². The molecule has 2 amide bonds. The number of rotatable bonds is 11. The first-order valence-corrected chi connectivity index (χ1v) is 6.50. The maximum absolute atomic E-state index is 11.6. The highest BCUT2D eigenvalue weighted by Crippen LogP contribution is 1.92. The fourth-order valence-corrected chi connectivity index (χ4v) is 1.53. The molecule has 0 aromatic heterocycles. The Hall–Kier alpha value is -2.16. The van der Waals surface area contributed by atoms with E-state index in [1.807, 2.05) is 0 Å². The van der Waals surface area contributed by atoms with Crippen molar-refractivity contribution in [2.24, 2.45) is 5.73 Å². The number of carboxylic acids is 1. The van der Waals surface area contributed by atoms with Crippen molar-refractivity contribution in [2.75, 3.05) is 32.8 Å². The lowest BCUT2D eigenvalue weighted by Crippen LogP contribution is -2.43. The van der Waals surface area contributed by atoms with Gasteiger partial charge in [0, 0.05) is 13.0 Å². The SMILES string of the molecule is CCOC(=O)CCCNC(=O)CN(CC(N)=O)CC(=O)O. The summed E-state index contributed by atoms with van der Waals surface area (Å²) in [6.07, 6.45) is 0.605. The lowest BCUT2D eigenvalue weighted by atomic mass is 10.3. The normalized spacial score (nSPS) is 10.2. The first kappa shape index (κ1) is 18.8. The van der Waals surface area contributed by atoms with E-state index in [9.17, 15) is 19.2 Å². The van der Waals surface area contributed by atoms with Crippen molar-refractivity contribution in [2.45, 2.75) is 19.8 Å². The fourth-order valence-electron chi connectivity index (χ4n) is 1.53. The van der Waals surface area contributed by atoms with E-state index in [0.717, 1.165) is 4.90 Å². The Balaban J connectivity index is 3.99. The standard InChI is InChI=1S/C12H21N3O6/c1-2-21-12(20)4-3-5-14-10(17)7-15(6-9(13)16)8-11(18)19/h2-8H2,1H3,(H2,13,16)(H,14,17)(H,18,19). The molecule has 9 nitrogen and oxygen atoms in total. The van der Waals surface area contributed by atoms with Crippen molar-refractivity contribution in [1.29, 1.82) is 0 Å². The molecule has 0 aliphatic heterocycles. The van der Waals surface area contributed by atoms with Crippen molar-refractivity contribution in [3.63, 3.8) is 0 Å². The van der Waals surface area contributed by atoms with Gasteiger partial charge in [-0.3, -0.25) is 24.1 Å². The van der Waals surface area contributed by atoms with Crippen molar-refractivity contribution < 1.29 is 29.0 Å². The molecule has 0 bridgehead atoms. The second-order valence-electron chi connectivity index (χ2n) is 4.26. The monoisotopic (exact) mass is 303 g/mol. The molecule has 0 aliphatic carbocycles. The zero-order valence-electron chi connectivity index (χ0n) is 12.0. The number of aliphatic carboxylic acids is 1. The van der Waals surface area contributed by atoms with Gasteiger partial charge in [0.1, 0.15) is 0 Å². The van der Waals surface area contributed by atoms with Crippen LogP contribution in [-0.4, -0.2) is 66.5 Å². The van der Waals surface area contributed by atoms with Crippen LogP contribution < -0.4 is 11.1 Å². The third kappa shape index (κ3) is 11.4. The fraction of sp³-hybridized carbons (Fsp3) is 0.667. The van der Waals surface area contributed by atoms with E-state index < -0.39 is 24.3 Å². The van der Waals surface area contributed by atoms with Crippen LogP contribution in [0.5, 0.6) is 0 Å². The Labute approximate surface area is 122 Å². The molecule has 0 radical (unpaired) electrons. The van der Waals surface area contributed by atoms with Crippen LogP contribution in [0.3, 0.4) is 0 Å². The molecule has 0 unspecified atom stereocenters. The van der Waals surface area contributed by atoms with Crippen molar-refractivity contribution in [1.82, 2.24) is 10.2 Å². The number of amides is 2. The van der Waals surface area contributed by atoms with Gasteiger partial charge in [0.2, 0.25) is 11.8 Å². The molecule has 0 aromatic rings. The molecule has 0 aliphatic rings. The van der Waals surface area contributed by atoms with Gasteiger partial charge in [-0.15, -0.1) is 0 Å². The van der Waals surface area contributed by atoms with Crippen LogP contribution in [0.1, 0.15) is 19.8 Å². The van der Waals surface area contributed by atoms with Gasteiger partial charge in [0.05, 0.1) is 26.2 Å². The largest absolute Gasteiger partial charge is 0.480 e. The summed E-state index contributed by atoms with van der Waals surface area (Å²) in [5, 5.41) is 11.2. The maximum atomic E-state index is 11.6. The molecule has 0 saturated carbocycles. The van der Waals surface area contributed by atoms with Crippen molar-refractivity contribution in [3.05, 3.63) is 0 Å². The van der Waals surface area contributed by atoms with Gasteiger partial charge in [-0.1, -0.05) is 0 Å². The van der Waals surface area contributed by atoms with Gasteiger partial charge in [0.25, 0.3) is 0 Å². The second-order valence-corrected chi connectivity index (χ2v) is 4.26. The summed E-state index contributed by atoms with van der Waals surface area (Å²) in [6.45, 7) is 1.24. The number of nitrogens with zero attached hydrogens (tertiary/aromatic N) is 1. The number of nitrogens with one attached hydrogen (secondary N) is 1. The molecule has 0 spiro atoms. The first-order valence-electron chi connectivity index (χ1n) is 6.50. The maximum Gasteiger partial charge on any atom is 0.317 e. The number of hydrogen-bond acceptors (Lipinski definition) is 6. The third-order valence-electron chi connectivity index (χ3n) is 2.29. The van der Waals surface area contributed by atoms with E-state index in [1.165, 1.54) is 0 Å². The molecule has 0 rings (SSSR count). The molecule has 0 atom stereocenters. The molecular formula is C12H21N3O6. The number of carbonyl (C=O) groups is 4. The molecule has 0 aromatic carbocycles. The van der Waals surface area contributed by atoms with Crippen LogP contribution in [-0.2, 0) is 23.9 Å². The summed E-state index contributed by atoms with van der Waals surface area (Å²) in [7, 11) is 0. The summed E-state index contributed by atoms with van der Waals surface area (Å²) < 4.78 is 4.72. The molecule has 9 heteroatoms. The smallest absolute Gasteiger partial charge is 0.317 e. The molecule has 21 heavy (non-hydrogen) atoms. The zero-order valence-corrected chi connectivity index (χ0v) is 12.0. The zero-order chi connectivity index (χ0) is 16.3. The van der Waals surface area contributed by atoms with Crippen molar-refractivity contribution in [3.8, 4) is 0 Å². The molecular weight excluding hydrogens is 282 g/mol. The Morgan fingerprint density at radius 2 is 1.86 bits per heavy atom. The van der Waals surface area contributed by atoms with Crippen LogP contribution in [0.15, 0.2) is 0 Å². The molecule has 0 saturated heterocycles. The molecule has 0 heterocycles. The Morgan fingerprint density at radius 3 is 2.38 bits per heavy atom. The van der Waals surface area contributed by atoms with E-state index in [0.29, 0.717) is 13.0 Å². The highest BCUT2D eigenvalue weighted by atomic mass is 16.5. The minimum absolute atomic E-state index is 0.189. The molecule has 4 N–H and O–H groups in total. The van der Waals surface area contributed by atoms with Crippen LogP contribution >= 0.6 is 0 Å². The second kappa shape index (κ2) is 10.6. The minimum atomic E-state index is -1.16. The number of hydrogen-bond donors (Lipinski definition) is 3. The summed E-state index contributed by atoms with van der Waals surface area (Å²) in [5.41, 5.74) is 4.97. The average molecular weight is 303 g/mol. The van der Waals surface area contributed by atoms with Gasteiger partial charge >= 0.3 is 11.9 Å².